The van der Waals surface area contributed by atoms with Crippen LogP contribution in [0.5, 0.6) is 0 Å². The highest BCUT2D eigenvalue weighted by atomic mass is 31.2. The molecule has 2 unspecified atom stereocenters. The summed E-state index contributed by atoms with van der Waals surface area (Å²) in [5, 5.41) is 54.1. The molecule has 8 N–H and O–H groups in total. The quantitative estimate of drug-likeness (QED) is 0.0430. The van der Waals surface area contributed by atoms with Crippen LogP contribution in [0.15, 0.2) is 48.6 Å². The van der Waals surface area contributed by atoms with Crippen molar-refractivity contribution >= 4 is 19.5 Å². The van der Waals surface area contributed by atoms with E-state index < -0.39 is 74.8 Å². The molecule has 0 aromatic heterocycles. The molecule has 1 amide bonds. The zero-order valence-electron chi connectivity index (χ0n) is 26.7. The minimum Gasteiger partial charge on any atom is -0.479 e. The first-order valence-corrected chi connectivity index (χ1v) is 17.6. The van der Waals surface area contributed by atoms with Crippen molar-refractivity contribution in [1.82, 2.24) is 10.6 Å². The van der Waals surface area contributed by atoms with Crippen LogP contribution in [0.25, 0.3) is 0 Å². The average Bonchev–Trinajstić information content (AvgIpc) is 3.25. The Hall–Kier alpha value is -2.15. The van der Waals surface area contributed by atoms with Gasteiger partial charge in [-0.15, -0.1) is 0 Å². The van der Waals surface area contributed by atoms with Gasteiger partial charge in [-0.25, -0.2) is 4.79 Å². The van der Waals surface area contributed by atoms with E-state index in [1.807, 2.05) is 12.2 Å². The first kappa shape index (κ1) is 40.9. The second-order valence-electron chi connectivity index (χ2n) is 11.7. The van der Waals surface area contributed by atoms with E-state index in [9.17, 15) is 44.6 Å². The van der Waals surface area contributed by atoms with Crippen molar-refractivity contribution < 1.29 is 49.1 Å². The van der Waals surface area contributed by atoms with Gasteiger partial charge in [0.05, 0.1) is 43.7 Å². The predicted molar refractivity (Wildman–Crippen MR) is 174 cm³/mol. The fourth-order valence-corrected chi connectivity index (χ4v) is 5.94. The molecule has 0 bridgehead atoms. The topological polar surface area (TPSA) is 206 Å². The van der Waals surface area contributed by atoms with Crippen LogP contribution in [0.3, 0.4) is 0 Å². The third-order valence-electron chi connectivity index (χ3n) is 7.44. The molecule has 1 rings (SSSR count). The van der Waals surface area contributed by atoms with E-state index in [0.717, 1.165) is 32.6 Å². The number of carboxylic acids is 1. The van der Waals surface area contributed by atoms with Crippen LogP contribution < -0.4 is 10.6 Å². The van der Waals surface area contributed by atoms with Gasteiger partial charge in [0, 0.05) is 12.5 Å². The third-order valence-corrected chi connectivity index (χ3v) is 8.86. The molecule has 0 spiro atoms. The molecule has 1 aliphatic rings. The van der Waals surface area contributed by atoms with E-state index in [-0.39, 0.29) is 12.8 Å². The summed E-state index contributed by atoms with van der Waals surface area (Å²) < 4.78 is 17.5. The highest BCUT2D eigenvalue weighted by Crippen LogP contribution is 2.44. The number of aliphatic hydroxyl groups excluding tert-OH is 4. The standard InChI is InChI=1S/C32H55N2O10P/c1-3-4-5-6-7-8-9-10-11-12-13-14-15-16-17-18-19-20-28(37)34-32(2,31(40)41)24-44-45(42,43)23-25(36)21-26-29(38)30(39)27(22-35)33-26/h7-8,10-11,13-14,16-17,25-27,29-30,33,35-36,38-39H,3-6,9,12,15,18-24H2,1-2H3,(H,34,37)(H,40,41)(H,42,43)/b8-7-,11-10-,14-13-,17-16-/t25-,26-,27-,29-,30-,32?/m1/s1. The summed E-state index contributed by atoms with van der Waals surface area (Å²) in [5.74, 6) is -2.01. The van der Waals surface area contributed by atoms with Crippen molar-refractivity contribution in [2.45, 2.75) is 120 Å². The minimum atomic E-state index is -4.50. The smallest absolute Gasteiger partial charge is 0.331 e. The number of aliphatic hydroxyl groups is 4. The zero-order chi connectivity index (χ0) is 33.7. The molecular weight excluding hydrogens is 603 g/mol. The summed E-state index contributed by atoms with van der Waals surface area (Å²) in [6.07, 6.45) is 20.5. The lowest BCUT2D eigenvalue weighted by molar-refractivity contribution is -0.148. The van der Waals surface area contributed by atoms with Crippen molar-refractivity contribution in [3.05, 3.63) is 48.6 Å². The highest BCUT2D eigenvalue weighted by molar-refractivity contribution is 7.52. The van der Waals surface area contributed by atoms with Crippen molar-refractivity contribution in [1.29, 1.82) is 0 Å². The van der Waals surface area contributed by atoms with Gasteiger partial charge < -0.3 is 45.6 Å². The summed E-state index contributed by atoms with van der Waals surface area (Å²) in [6, 6.07) is -1.64. The Balaban J connectivity index is 2.34. The molecule has 45 heavy (non-hydrogen) atoms. The minimum absolute atomic E-state index is 0.0494. The first-order chi connectivity index (χ1) is 21.3. The van der Waals surface area contributed by atoms with Crippen molar-refractivity contribution in [3.8, 4) is 0 Å². The second kappa shape index (κ2) is 22.4. The Bertz CT molecular complexity index is 1030. The normalized spacial score (nSPS) is 24.1. The van der Waals surface area contributed by atoms with E-state index in [2.05, 4.69) is 54.0 Å². The summed E-state index contributed by atoms with van der Waals surface area (Å²) in [5.41, 5.74) is -1.98. The Morgan fingerprint density at radius 3 is 1.98 bits per heavy atom. The number of carbonyl (C=O) groups is 2. The number of carbonyl (C=O) groups excluding carboxylic acids is 1. The van der Waals surface area contributed by atoms with Crippen molar-refractivity contribution in [2.75, 3.05) is 19.4 Å². The number of hydrogen-bond acceptors (Lipinski definition) is 9. The Morgan fingerprint density at radius 2 is 1.47 bits per heavy atom. The third kappa shape index (κ3) is 17.4. The summed E-state index contributed by atoms with van der Waals surface area (Å²) in [4.78, 5) is 34.5. The van der Waals surface area contributed by atoms with E-state index >= 15 is 0 Å². The maximum Gasteiger partial charge on any atom is 0.331 e. The number of carboxylic acid groups (broad SMARTS) is 1. The molecule has 0 radical (unpaired) electrons. The molecule has 0 aromatic carbocycles. The van der Waals surface area contributed by atoms with Crippen LogP contribution in [0.2, 0.25) is 0 Å². The number of allylic oxidation sites excluding steroid dienone is 8. The first-order valence-electron chi connectivity index (χ1n) is 15.9. The monoisotopic (exact) mass is 658 g/mol. The SMILES string of the molecule is CCCCC/C=C\C/C=C\C/C=C\C/C=C\CCCC(=O)NC(C)(COP(=O)(O)C[C@H](O)C[C@H]1N[C@H](CO)[C@@H](O)[C@@H]1O)C(=O)O. The lowest BCUT2D eigenvalue weighted by Gasteiger charge is -2.28. The molecule has 0 aliphatic carbocycles. The number of hydrogen-bond donors (Lipinski definition) is 8. The summed E-state index contributed by atoms with van der Waals surface area (Å²) in [7, 11) is -4.50. The summed E-state index contributed by atoms with van der Waals surface area (Å²) >= 11 is 0. The number of amides is 1. The van der Waals surface area contributed by atoms with Gasteiger partial charge in [0.1, 0.15) is 0 Å². The van der Waals surface area contributed by atoms with Gasteiger partial charge >= 0.3 is 13.6 Å². The van der Waals surface area contributed by atoms with Gasteiger partial charge in [-0.3, -0.25) is 9.36 Å². The lowest BCUT2D eigenvalue weighted by Crippen LogP contribution is -2.55. The van der Waals surface area contributed by atoms with Crippen LogP contribution >= 0.6 is 7.60 Å². The summed E-state index contributed by atoms with van der Waals surface area (Å²) in [6.45, 7) is 2.09. The maximum atomic E-state index is 12.5. The molecule has 1 aliphatic heterocycles. The van der Waals surface area contributed by atoms with E-state index in [1.165, 1.54) is 19.3 Å². The van der Waals surface area contributed by atoms with E-state index in [0.29, 0.717) is 12.8 Å². The largest absolute Gasteiger partial charge is 0.479 e. The molecule has 1 saturated heterocycles. The highest BCUT2D eigenvalue weighted by Gasteiger charge is 2.42. The fourth-order valence-electron chi connectivity index (χ4n) is 4.70. The number of unbranched alkanes of at least 4 members (excludes halogenated alkanes) is 4. The number of rotatable bonds is 24. The molecule has 7 atom stereocenters. The van der Waals surface area contributed by atoms with Gasteiger partial charge in [-0.05, 0) is 58.3 Å². The molecule has 0 saturated carbocycles. The van der Waals surface area contributed by atoms with Gasteiger partial charge in [0.15, 0.2) is 5.54 Å². The molecule has 13 heteroatoms. The van der Waals surface area contributed by atoms with Crippen LogP contribution in [0.1, 0.15) is 84.5 Å². The van der Waals surface area contributed by atoms with E-state index in [4.69, 9.17) is 4.52 Å². The van der Waals surface area contributed by atoms with Crippen LogP contribution in [0, 0.1) is 0 Å². The fraction of sp³-hybridized carbons (Fsp3) is 0.688. The molecule has 258 valence electrons. The van der Waals surface area contributed by atoms with Crippen molar-refractivity contribution in [3.63, 3.8) is 0 Å². The second-order valence-corrected chi connectivity index (χ2v) is 13.6. The van der Waals surface area contributed by atoms with Crippen molar-refractivity contribution in [2.24, 2.45) is 0 Å². The van der Waals surface area contributed by atoms with Gasteiger partial charge in [-0.1, -0.05) is 68.4 Å². The Morgan fingerprint density at radius 1 is 0.933 bits per heavy atom. The molecule has 0 aromatic rings. The molecular formula is C32H55N2O10P. The van der Waals surface area contributed by atoms with Gasteiger partial charge in [-0.2, -0.15) is 0 Å². The Kier molecular flexibility index (Phi) is 20.3. The molecule has 12 nitrogen and oxygen atoms in total. The van der Waals surface area contributed by atoms with E-state index in [1.54, 1.807) is 0 Å². The predicted octanol–water partition coefficient (Wildman–Crippen LogP) is 3.10. The number of aliphatic carboxylic acids is 1. The zero-order valence-corrected chi connectivity index (χ0v) is 27.6. The van der Waals surface area contributed by atoms with Gasteiger partial charge in [0.2, 0.25) is 5.91 Å². The average molecular weight is 659 g/mol. The maximum absolute atomic E-state index is 12.5. The molecule has 1 heterocycles. The number of nitrogens with one attached hydrogen (secondary N) is 2. The lowest BCUT2D eigenvalue weighted by atomic mass is 10.0. The van der Waals surface area contributed by atoms with Crippen LogP contribution in [0.4, 0.5) is 0 Å². The molecule has 1 fully saturated rings. The van der Waals surface area contributed by atoms with Gasteiger partial charge in [0.25, 0.3) is 0 Å². The Labute approximate surface area is 267 Å². The van der Waals surface area contributed by atoms with Crippen LogP contribution in [-0.2, 0) is 18.7 Å². The van der Waals surface area contributed by atoms with Crippen LogP contribution in [-0.4, -0.2) is 97.6 Å².